The summed E-state index contributed by atoms with van der Waals surface area (Å²) in [6, 6.07) is 6.40. The number of nitrogens with zero attached hydrogens (tertiary/aromatic N) is 1. The Morgan fingerprint density at radius 1 is 1.42 bits per heavy atom. The van der Waals surface area contributed by atoms with Gasteiger partial charge in [0.05, 0.1) is 9.89 Å². The molecule has 0 unspecified atom stereocenters. The van der Waals surface area contributed by atoms with Crippen LogP contribution in [0.3, 0.4) is 0 Å². The zero-order valence-electron chi connectivity index (χ0n) is 10.8. The molecule has 0 saturated carbocycles. The summed E-state index contributed by atoms with van der Waals surface area (Å²) in [6.45, 7) is 4.67. The zero-order chi connectivity index (χ0) is 14.6. The Balaban J connectivity index is 2.98. The van der Waals surface area contributed by atoms with Crippen molar-refractivity contribution in [1.82, 2.24) is 0 Å². The van der Waals surface area contributed by atoms with Crippen molar-refractivity contribution in [2.75, 3.05) is 5.32 Å². The quantitative estimate of drug-likeness (QED) is 0.526. The molecule has 100 valence electrons. The zero-order valence-corrected chi connectivity index (χ0v) is 12.4. The average Bonchev–Trinajstić information content (AvgIpc) is 2.29. The molecule has 0 heterocycles. The highest BCUT2D eigenvalue weighted by Gasteiger charge is 2.23. The maximum absolute atomic E-state index is 11.8. The summed E-state index contributed by atoms with van der Waals surface area (Å²) in [6.07, 6.45) is 0. The molecule has 0 spiro atoms. The van der Waals surface area contributed by atoms with Crippen molar-refractivity contribution in [3.05, 3.63) is 23.8 Å². The van der Waals surface area contributed by atoms with Gasteiger partial charge in [0.25, 0.3) is 0 Å². The van der Waals surface area contributed by atoms with Gasteiger partial charge >= 0.3 is 5.97 Å². The number of halogens is 1. The van der Waals surface area contributed by atoms with E-state index < -0.39 is 10.3 Å². The van der Waals surface area contributed by atoms with Crippen molar-refractivity contribution < 1.29 is 14.3 Å². The van der Waals surface area contributed by atoms with Crippen LogP contribution in [0, 0.1) is 11.3 Å². The van der Waals surface area contributed by atoms with Crippen LogP contribution in [0.15, 0.2) is 18.2 Å². The minimum absolute atomic E-state index is 0.172. The Kier molecular flexibility index (Phi) is 4.67. The van der Waals surface area contributed by atoms with E-state index in [2.05, 4.69) is 21.2 Å². The Bertz CT molecular complexity index is 556. The van der Waals surface area contributed by atoms with Gasteiger partial charge < -0.3 is 10.1 Å². The number of esters is 1. The van der Waals surface area contributed by atoms with Crippen molar-refractivity contribution >= 4 is 33.5 Å². The Morgan fingerprint density at radius 3 is 2.53 bits per heavy atom. The number of carbonyl (C=O) groups is 2. The van der Waals surface area contributed by atoms with E-state index >= 15 is 0 Å². The highest BCUT2D eigenvalue weighted by Crippen LogP contribution is 2.24. The monoisotopic (exact) mass is 324 g/mol. The highest BCUT2D eigenvalue weighted by molar-refractivity contribution is 9.10. The number of amides is 1. The van der Waals surface area contributed by atoms with Crippen LogP contribution < -0.4 is 10.1 Å². The van der Waals surface area contributed by atoms with Crippen molar-refractivity contribution in [3.8, 4) is 11.8 Å². The van der Waals surface area contributed by atoms with Crippen molar-refractivity contribution in [2.24, 2.45) is 0 Å². The molecule has 0 radical (unpaired) electrons. The first kappa shape index (κ1) is 15.2. The molecule has 0 aliphatic rings. The number of alkyl halides is 1. The molecule has 0 atom stereocenters. The van der Waals surface area contributed by atoms with Crippen molar-refractivity contribution in [3.63, 3.8) is 0 Å². The predicted molar refractivity (Wildman–Crippen MR) is 74.1 cm³/mol. The summed E-state index contributed by atoms with van der Waals surface area (Å²) in [5.74, 6) is -0.572. The number of hydrogen-bond acceptors (Lipinski definition) is 4. The van der Waals surface area contributed by atoms with E-state index in [9.17, 15) is 9.59 Å². The Labute approximate surface area is 119 Å². The molecule has 1 rings (SSSR count). The summed E-state index contributed by atoms with van der Waals surface area (Å²) in [5.41, 5.74) is 0.644. The van der Waals surface area contributed by atoms with Gasteiger partial charge in [-0.3, -0.25) is 9.59 Å². The molecule has 0 fully saturated rings. The van der Waals surface area contributed by atoms with Gasteiger partial charge in [0.15, 0.2) is 0 Å². The molecule has 0 aromatic heterocycles. The van der Waals surface area contributed by atoms with E-state index in [4.69, 9.17) is 10.00 Å². The van der Waals surface area contributed by atoms with Crippen LogP contribution in [-0.4, -0.2) is 16.2 Å². The second kappa shape index (κ2) is 5.85. The first-order valence-electron chi connectivity index (χ1n) is 5.47. The van der Waals surface area contributed by atoms with E-state index in [1.165, 1.54) is 19.1 Å². The second-order valence-corrected chi connectivity index (χ2v) is 6.33. The summed E-state index contributed by atoms with van der Waals surface area (Å²) in [7, 11) is 0. The van der Waals surface area contributed by atoms with Gasteiger partial charge in [-0.2, -0.15) is 5.26 Å². The fourth-order valence-corrected chi connectivity index (χ4v) is 1.32. The van der Waals surface area contributed by atoms with Gasteiger partial charge in [0.2, 0.25) is 5.91 Å². The fourth-order valence-electron chi connectivity index (χ4n) is 1.22. The SMILES string of the molecule is CC(=O)Oc1ccc(NC(=O)C(C)(C)Br)cc1C#N. The topological polar surface area (TPSA) is 79.2 Å². The molecule has 6 heteroatoms. The Morgan fingerprint density at radius 2 is 2.05 bits per heavy atom. The van der Waals surface area contributed by atoms with Crippen LogP contribution in [0.4, 0.5) is 5.69 Å². The number of rotatable bonds is 3. The predicted octanol–water partition coefficient (Wildman–Crippen LogP) is 2.60. The molecule has 0 aliphatic heterocycles. The molecule has 1 N–H and O–H groups in total. The van der Waals surface area contributed by atoms with Crippen LogP contribution in [0.25, 0.3) is 0 Å². The molecular formula is C13H13BrN2O3. The third-order valence-corrected chi connectivity index (χ3v) is 2.51. The smallest absolute Gasteiger partial charge is 0.308 e. The van der Waals surface area contributed by atoms with Crippen LogP contribution >= 0.6 is 15.9 Å². The van der Waals surface area contributed by atoms with E-state index in [1.807, 2.05) is 6.07 Å². The van der Waals surface area contributed by atoms with Gasteiger partial charge in [-0.25, -0.2) is 0 Å². The second-order valence-electron chi connectivity index (χ2n) is 4.34. The summed E-state index contributed by atoms with van der Waals surface area (Å²) in [4.78, 5) is 22.6. The summed E-state index contributed by atoms with van der Waals surface area (Å²) in [5, 5.41) is 11.6. The van der Waals surface area contributed by atoms with Crippen LogP contribution in [0.1, 0.15) is 26.3 Å². The molecule has 1 aromatic carbocycles. The first-order chi connectivity index (χ1) is 8.74. The maximum Gasteiger partial charge on any atom is 0.308 e. The molecule has 1 amide bonds. The van der Waals surface area contributed by atoms with E-state index in [-0.39, 0.29) is 17.2 Å². The molecule has 0 aliphatic carbocycles. The van der Waals surface area contributed by atoms with Crippen molar-refractivity contribution in [2.45, 2.75) is 25.1 Å². The lowest BCUT2D eigenvalue weighted by molar-refractivity contribution is -0.131. The normalized spacial score (nSPS) is 10.5. The lowest BCUT2D eigenvalue weighted by Crippen LogP contribution is -2.30. The molecule has 19 heavy (non-hydrogen) atoms. The van der Waals surface area contributed by atoms with Gasteiger partial charge in [-0.05, 0) is 32.0 Å². The molecule has 1 aromatic rings. The molecule has 0 saturated heterocycles. The van der Waals surface area contributed by atoms with E-state index in [0.717, 1.165) is 0 Å². The first-order valence-corrected chi connectivity index (χ1v) is 6.26. The van der Waals surface area contributed by atoms with Gasteiger partial charge in [0, 0.05) is 12.6 Å². The third-order valence-electron chi connectivity index (χ3n) is 2.15. The number of ether oxygens (including phenoxy) is 1. The lowest BCUT2D eigenvalue weighted by atomic mass is 10.1. The fraction of sp³-hybridized carbons (Fsp3) is 0.308. The molecule has 0 bridgehead atoms. The number of carbonyl (C=O) groups excluding carboxylic acids is 2. The Hall–Kier alpha value is -1.87. The maximum atomic E-state index is 11.8. The lowest BCUT2D eigenvalue weighted by Gasteiger charge is -2.16. The van der Waals surface area contributed by atoms with Gasteiger partial charge in [-0.1, -0.05) is 15.9 Å². The van der Waals surface area contributed by atoms with Crippen LogP contribution in [0.5, 0.6) is 5.75 Å². The number of benzene rings is 1. The summed E-state index contributed by atoms with van der Waals surface area (Å²) >= 11 is 3.24. The van der Waals surface area contributed by atoms with Gasteiger partial charge in [-0.15, -0.1) is 0 Å². The number of anilines is 1. The minimum Gasteiger partial charge on any atom is -0.425 e. The summed E-state index contributed by atoms with van der Waals surface area (Å²) < 4.78 is 4.17. The largest absolute Gasteiger partial charge is 0.425 e. The van der Waals surface area contributed by atoms with E-state index in [0.29, 0.717) is 5.69 Å². The number of nitrogens with one attached hydrogen (secondary N) is 1. The van der Waals surface area contributed by atoms with Crippen LogP contribution in [0.2, 0.25) is 0 Å². The average molecular weight is 325 g/mol. The number of hydrogen-bond donors (Lipinski definition) is 1. The number of nitriles is 1. The standard InChI is InChI=1S/C13H13BrN2O3/c1-8(17)19-11-5-4-10(6-9(11)7-15)16-12(18)13(2,3)14/h4-6H,1-3H3,(H,16,18). The highest BCUT2D eigenvalue weighted by atomic mass is 79.9. The molecule has 5 nitrogen and oxygen atoms in total. The van der Waals surface area contributed by atoms with Crippen molar-refractivity contribution in [1.29, 1.82) is 5.26 Å². The third kappa shape index (κ3) is 4.38. The van der Waals surface area contributed by atoms with Gasteiger partial charge in [0.1, 0.15) is 11.8 Å². The van der Waals surface area contributed by atoms with Crippen LogP contribution in [-0.2, 0) is 9.59 Å². The van der Waals surface area contributed by atoms with E-state index in [1.54, 1.807) is 19.9 Å². The minimum atomic E-state index is -0.714. The molecular weight excluding hydrogens is 312 g/mol.